The standard InChI is InChI=1S/C11H8F3N3O4/c1-5-9(18)16(10(19)15-5)6-2-3-8(17(20)21)7(4-6)11(12,13)14/h2-5H,1H3,(H,15,19). The van der Waals surface area contributed by atoms with Crippen LogP contribution in [0.3, 0.4) is 0 Å². The molecule has 1 aliphatic heterocycles. The number of rotatable bonds is 2. The molecule has 1 unspecified atom stereocenters. The van der Waals surface area contributed by atoms with Crippen molar-refractivity contribution in [1.29, 1.82) is 0 Å². The van der Waals surface area contributed by atoms with Crippen molar-refractivity contribution in [2.24, 2.45) is 0 Å². The van der Waals surface area contributed by atoms with Crippen LogP contribution in [0, 0.1) is 10.1 Å². The van der Waals surface area contributed by atoms with Crippen molar-refractivity contribution in [3.05, 3.63) is 33.9 Å². The van der Waals surface area contributed by atoms with Crippen molar-refractivity contribution >= 4 is 23.3 Å². The Morgan fingerprint density at radius 2 is 1.95 bits per heavy atom. The Balaban J connectivity index is 2.55. The Hall–Kier alpha value is -2.65. The van der Waals surface area contributed by atoms with Crippen LogP contribution in [-0.4, -0.2) is 22.9 Å². The maximum absolute atomic E-state index is 12.8. The molecule has 1 heterocycles. The minimum atomic E-state index is -4.98. The number of anilines is 1. The normalized spacial score (nSPS) is 18.9. The highest BCUT2D eigenvalue weighted by Crippen LogP contribution is 2.38. The first kappa shape index (κ1) is 14.8. The maximum atomic E-state index is 12.8. The average Bonchev–Trinajstić information content (AvgIpc) is 2.61. The van der Waals surface area contributed by atoms with Crippen molar-refractivity contribution < 1.29 is 27.7 Å². The molecule has 0 aliphatic carbocycles. The molecule has 7 nitrogen and oxygen atoms in total. The Bertz CT molecular complexity index is 644. The number of hydrogen-bond donors (Lipinski definition) is 1. The van der Waals surface area contributed by atoms with Gasteiger partial charge >= 0.3 is 12.2 Å². The SMILES string of the molecule is CC1NC(=O)N(c2ccc([N+](=O)[O-])c(C(F)(F)F)c2)C1=O. The van der Waals surface area contributed by atoms with Crippen LogP contribution in [0.15, 0.2) is 18.2 Å². The van der Waals surface area contributed by atoms with Crippen LogP contribution in [-0.2, 0) is 11.0 Å². The van der Waals surface area contributed by atoms with Crippen LogP contribution in [0.4, 0.5) is 29.3 Å². The minimum absolute atomic E-state index is 0.375. The van der Waals surface area contributed by atoms with Crippen LogP contribution in [0.5, 0.6) is 0 Å². The van der Waals surface area contributed by atoms with Crippen LogP contribution in [0.1, 0.15) is 12.5 Å². The fourth-order valence-electron chi connectivity index (χ4n) is 1.90. The lowest BCUT2D eigenvalue weighted by Crippen LogP contribution is -2.31. The third kappa shape index (κ3) is 2.51. The van der Waals surface area contributed by atoms with Gasteiger partial charge in [0.05, 0.1) is 10.6 Å². The van der Waals surface area contributed by atoms with E-state index >= 15 is 0 Å². The number of nitro groups is 1. The molecule has 0 bridgehead atoms. The van der Waals surface area contributed by atoms with Crippen LogP contribution < -0.4 is 10.2 Å². The van der Waals surface area contributed by atoms with Gasteiger partial charge in [-0.05, 0) is 19.1 Å². The molecular weight excluding hydrogens is 295 g/mol. The quantitative estimate of drug-likeness (QED) is 0.514. The first-order valence-electron chi connectivity index (χ1n) is 5.63. The fourth-order valence-corrected chi connectivity index (χ4v) is 1.90. The van der Waals surface area contributed by atoms with Gasteiger partial charge in [0.2, 0.25) is 0 Å². The predicted octanol–water partition coefficient (Wildman–Crippen LogP) is 2.06. The fraction of sp³-hybridized carbons (Fsp3) is 0.273. The van der Waals surface area contributed by atoms with E-state index in [1.807, 2.05) is 0 Å². The molecule has 1 N–H and O–H groups in total. The zero-order chi connectivity index (χ0) is 15.9. The number of alkyl halides is 3. The second kappa shape index (κ2) is 4.72. The highest BCUT2D eigenvalue weighted by atomic mass is 19.4. The summed E-state index contributed by atoms with van der Waals surface area (Å²) in [6, 6.07) is 0.189. The molecule has 1 aromatic carbocycles. The molecule has 0 spiro atoms. The number of halogens is 3. The van der Waals surface area contributed by atoms with Crippen molar-refractivity contribution in [2.45, 2.75) is 19.1 Å². The van der Waals surface area contributed by atoms with E-state index < -0.39 is 40.3 Å². The van der Waals surface area contributed by atoms with Crippen molar-refractivity contribution in [3.63, 3.8) is 0 Å². The summed E-state index contributed by atoms with van der Waals surface area (Å²) in [6.07, 6.45) is -4.98. The smallest absolute Gasteiger partial charge is 0.326 e. The molecule has 112 valence electrons. The van der Waals surface area contributed by atoms with Crippen molar-refractivity contribution in [3.8, 4) is 0 Å². The summed E-state index contributed by atoms with van der Waals surface area (Å²) in [5.74, 6) is -0.734. The zero-order valence-corrected chi connectivity index (χ0v) is 10.5. The van der Waals surface area contributed by atoms with Crippen LogP contribution in [0.25, 0.3) is 0 Å². The number of amides is 3. The number of nitrogens with one attached hydrogen (secondary N) is 1. The van der Waals surface area contributed by atoms with Gasteiger partial charge in [-0.3, -0.25) is 14.9 Å². The molecule has 2 rings (SSSR count). The lowest BCUT2D eigenvalue weighted by Gasteiger charge is -2.15. The third-order valence-electron chi connectivity index (χ3n) is 2.87. The molecule has 10 heteroatoms. The first-order valence-corrected chi connectivity index (χ1v) is 5.63. The molecule has 21 heavy (non-hydrogen) atoms. The molecular formula is C11H8F3N3O4. The summed E-state index contributed by atoms with van der Waals surface area (Å²) in [5.41, 5.74) is -3.05. The van der Waals surface area contributed by atoms with Gasteiger partial charge in [0.15, 0.2) is 0 Å². The van der Waals surface area contributed by atoms with Crippen molar-refractivity contribution in [1.82, 2.24) is 5.32 Å². The molecule has 1 fully saturated rings. The van der Waals surface area contributed by atoms with E-state index in [2.05, 4.69) is 5.32 Å². The van der Waals surface area contributed by atoms with E-state index in [1.165, 1.54) is 6.92 Å². The number of hydrogen-bond acceptors (Lipinski definition) is 4. The monoisotopic (exact) mass is 303 g/mol. The molecule has 1 aromatic rings. The molecule has 0 radical (unpaired) electrons. The van der Waals surface area contributed by atoms with Gasteiger partial charge in [-0.15, -0.1) is 0 Å². The molecule has 1 atom stereocenters. The van der Waals surface area contributed by atoms with E-state index in [0.717, 1.165) is 6.07 Å². The Morgan fingerprint density at radius 3 is 2.38 bits per heavy atom. The lowest BCUT2D eigenvalue weighted by molar-refractivity contribution is -0.388. The topological polar surface area (TPSA) is 92.6 Å². The first-order chi connectivity index (χ1) is 9.62. The second-order valence-corrected chi connectivity index (χ2v) is 4.30. The number of urea groups is 1. The Labute approximate surface area is 115 Å². The summed E-state index contributed by atoms with van der Waals surface area (Å²) in [4.78, 5) is 33.2. The highest BCUT2D eigenvalue weighted by Gasteiger charge is 2.41. The predicted molar refractivity (Wildman–Crippen MR) is 63.6 cm³/mol. The number of benzene rings is 1. The summed E-state index contributed by atoms with van der Waals surface area (Å²) in [7, 11) is 0. The lowest BCUT2D eigenvalue weighted by atomic mass is 10.1. The summed E-state index contributed by atoms with van der Waals surface area (Å²) in [6.45, 7) is 1.37. The minimum Gasteiger partial charge on any atom is -0.326 e. The zero-order valence-electron chi connectivity index (χ0n) is 10.5. The van der Waals surface area contributed by atoms with E-state index in [-0.39, 0.29) is 5.69 Å². The van der Waals surface area contributed by atoms with Crippen LogP contribution in [0.2, 0.25) is 0 Å². The van der Waals surface area contributed by atoms with Gasteiger partial charge in [-0.2, -0.15) is 13.2 Å². The number of carbonyl (C=O) groups excluding carboxylic acids is 2. The molecule has 1 saturated heterocycles. The van der Waals surface area contributed by atoms with E-state index in [0.29, 0.717) is 17.0 Å². The highest BCUT2D eigenvalue weighted by molar-refractivity contribution is 6.21. The van der Waals surface area contributed by atoms with E-state index in [4.69, 9.17) is 0 Å². The van der Waals surface area contributed by atoms with Gasteiger partial charge in [-0.25, -0.2) is 9.69 Å². The second-order valence-electron chi connectivity index (χ2n) is 4.30. The van der Waals surface area contributed by atoms with Gasteiger partial charge < -0.3 is 5.32 Å². The third-order valence-corrected chi connectivity index (χ3v) is 2.87. The summed E-state index contributed by atoms with van der Waals surface area (Å²) < 4.78 is 38.5. The Morgan fingerprint density at radius 1 is 1.33 bits per heavy atom. The van der Waals surface area contributed by atoms with Gasteiger partial charge in [-0.1, -0.05) is 0 Å². The van der Waals surface area contributed by atoms with Gasteiger partial charge in [0.25, 0.3) is 11.6 Å². The average molecular weight is 303 g/mol. The number of nitro benzene ring substituents is 1. The van der Waals surface area contributed by atoms with E-state index in [9.17, 15) is 32.9 Å². The van der Waals surface area contributed by atoms with Gasteiger partial charge in [0.1, 0.15) is 11.6 Å². The van der Waals surface area contributed by atoms with Crippen molar-refractivity contribution in [2.75, 3.05) is 4.90 Å². The Kier molecular flexibility index (Phi) is 3.32. The molecule has 0 aromatic heterocycles. The molecule has 3 amide bonds. The van der Waals surface area contributed by atoms with Crippen LogP contribution >= 0.6 is 0 Å². The molecule has 1 aliphatic rings. The largest absolute Gasteiger partial charge is 0.423 e. The summed E-state index contributed by atoms with van der Waals surface area (Å²) in [5, 5.41) is 12.9. The van der Waals surface area contributed by atoms with Gasteiger partial charge in [0, 0.05) is 6.07 Å². The number of carbonyl (C=O) groups is 2. The maximum Gasteiger partial charge on any atom is 0.423 e. The van der Waals surface area contributed by atoms with E-state index in [1.54, 1.807) is 0 Å². The number of imide groups is 1. The number of nitrogens with zero attached hydrogens (tertiary/aromatic N) is 2. The molecule has 0 saturated carbocycles. The summed E-state index contributed by atoms with van der Waals surface area (Å²) >= 11 is 0.